The number of hydrogen-bond donors (Lipinski definition) is 0. The Morgan fingerprint density at radius 1 is 0.471 bits per heavy atom. The molecule has 0 spiro atoms. The number of nitrogens with zero attached hydrogens (tertiary/aromatic N) is 2. The molecule has 0 N–H and O–H groups in total. The summed E-state index contributed by atoms with van der Waals surface area (Å²) in [5.74, 6) is 0. The molecule has 0 bridgehead atoms. The number of thiophene rings is 3. The first-order chi connectivity index (χ1) is 25.2. The van der Waals surface area contributed by atoms with Crippen molar-refractivity contribution in [1.82, 2.24) is 9.97 Å². The van der Waals surface area contributed by atoms with Crippen LogP contribution < -0.4 is 0 Å². The maximum absolute atomic E-state index is 5.56. The van der Waals surface area contributed by atoms with Gasteiger partial charge in [-0.15, -0.1) is 34.0 Å². The summed E-state index contributed by atoms with van der Waals surface area (Å²) in [5.41, 5.74) is 9.19. The van der Waals surface area contributed by atoms with Crippen LogP contribution in [0.1, 0.15) is 16.8 Å². The standard InChI is InChI=1S/C46H28N2S3/c1-26-11-2-4-13-29(26)36-25-37-33-22-21-27-12-3-5-14-30(27)44(33)50-41(37)24-28(36)23-38-42(48-43-34-16-7-9-20-40(34)51-46(43)47-38)35-18-10-17-32-31-15-6-8-19-39(31)49-45(32)35/h2-22,24-25H,23H2,1H3. The van der Waals surface area contributed by atoms with Crippen LogP contribution in [0.15, 0.2) is 140 Å². The first-order valence-corrected chi connectivity index (χ1v) is 19.6. The number of fused-ring (bicyclic) bond motifs is 11. The average Bonchev–Trinajstić information content (AvgIpc) is 3.85. The van der Waals surface area contributed by atoms with Gasteiger partial charge in [0.25, 0.3) is 0 Å². The highest BCUT2D eigenvalue weighted by molar-refractivity contribution is 7.27. The molecular formula is C46H28N2S3. The predicted molar refractivity (Wildman–Crippen MR) is 223 cm³/mol. The molecule has 2 nitrogen and oxygen atoms in total. The van der Waals surface area contributed by atoms with E-state index in [1.807, 2.05) is 22.7 Å². The SMILES string of the molecule is Cc1ccccc1-c1cc2c(cc1Cc1nc3sc4ccccc4c3nc1-c1cccc3c1sc1ccccc13)sc1c3ccccc3ccc21. The van der Waals surface area contributed by atoms with E-state index in [0.29, 0.717) is 6.42 Å². The highest BCUT2D eigenvalue weighted by Gasteiger charge is 2.22. The zero-order valence-electron chi connectivity index (χ0n) is 27.6. The molecule has 0 aliphatic carbocycles. The van der Waals surface area contributed by atoms with Crippen molar-refractivity contribution < 1.29 is 0 Å². The summed E-state index contributed by atoms with van der Waals surface area (Å²) in [4.78, 5) is 12.1. The Morgan fingerprint density at radius 2 is 1.16 bits per heavy atom. The molecule has 0 amide bonds. The summed E-state index contributed by atoms with van der Waals surface area (Å²) in [6.07, 6.45) is 0.669. The lowest BCUT2D eigenvalue weighted by Gasteiger charge is -2.15. The van der Waals surface area contributed by atoms with Crippen LogP contribution in [-0.2, 0) is 6.42 Å². The van der Waals surface area contributed by atoms with Crippen LogP contribution >= 0.6 is 34.0 Å². The fraction of sp³-hybridized carbons (Fsp3) is 0.0435. The van der Waals surface area contributed by atoms with Crippen molar-refractivity contribution in [1.29, 1.82) is 0 Å². The van der Waals surface area contributed by atoms with Crippen LogP contribution in [0.3, 0.4) is 0 Å². The Kier molecular flexibility index (Phi) is 6.47. The molecule has 0 unspecified atom stereocenters. The first kappa shape index (κ1) is 29.3. The topological polar surface area (TPSA) is 25.8 Å². The summed E-state index contributed by atoms with van der Waals surface area (Å²) < 4.78 is 6.42. The smallest absolute Gasteiger partial charge is 0.143 e. The van der Waals surface area contributed by atoms with Crippen molar-refractivity contribution in [3.63, 3.8) is 0 Å². The van der Waals surface area contributed by atoms with Crippen LogP contribution in [0, 0.1) is 6.92 Å². The van der Waals surface area contributed by atoms with Crippen molar-refractivity contribution in [3.8, 4) is 22.4 Å². The number of aryl methyl sites for hydroxylation is 1. The van der Waals surface area contributed by atoms with Crippen LogP contribution in [0.5, 0.6) is 0 Å². The molecule has 11 rings (SSSR count). The van der Waals surface area contributed by atoms with Gasteiger partial charge in [0.2, 0.25) is 0 Å². The van der Waals surface area contributed by atoms with E-state index in [0.717, 1.165) is 27.3 Å². The van der Waals surface area contributed by atoms with Crippen molar-refractivity contribution in [2.24, 2.45) is 0 Å². The largest absolute Gasteiger partial charge is 0.243 e. The monoisotopic (exact) mass is 704 g/mol. The Hall–Kier alpha value is -5.46. The zero-order valence-corrected chi connectivity index (χ0v) is 30.1. The molecule has 240 valence electrons. The maximum atomic E-state index is 5.56. The zero-order chi connectivity index (χ0) is 33.6. The van der Waals surface area contributed by atoms with Gasteiger partial charge in [0.15, 0.2) is 0 Å². The minimum atomic E-state index is 0.669. The molecule has 0 atom stereocenters. The van der Waals surface area contributed by atoms with Gasteiger partial charge in [0, 0.05) is 62.4 Å². The lowest BCUT2D eigenvalue weighted by Crippen LogP contribution is -2.01. The molecule has 0 saturated heterocycles. The van der Waals surface area contributed by atoms with E-state index in [-0.39, 0.29) is 0 Å². The van der Waals surface area contributed by atoms with Crippen LogP contribution in [0.4, 0.5) is 0 Å². The summed E-state index contributed by atoms with van der Waals surface area (Å²) >= 11 is 5.49. The second-order valence-electron chi connectivity index (χ2n) is 13.3. The summed E-state index contributed by atoms with van der Waals surface area (Å²) in [6.45, 7) is 2.22. The van der Waals surface area contributed by atoms with E-state index in [4.69, 9.17) is 9.97 Å². The summed E-state index contributed by atoms with van der Waals surface area (Å²) in [5, 5.41) is 8.96. The lowest BCUT2D eigenvalue weighted by molar-refractivity contribution is 1.09. The second kappa shape index (κ2) is 11.3. The minimum absolute atomic E-state index is 0.669. The number of aromatic nitrogens is 2. The predicted octanol–water partition coefficient (Wildman–Crippen LogP) is 14.0. The van der Waals surface area contributed by atoms with Gasteiger partial charge in [0.05, 0.1) is 11.4 Å². The van der Waals surface area contributed by atoms with Gasteiger partial charge >= 0.3 is 0 Å². The molecular weight excluding hydrogens is 677 g/mol. The Labute approximate surface area is 305 Å². The first-order valence-electron chi connectivity index (χ1n) is 17.2. The molecule has 7 aromatic carbocycles. The van der Waals surface area contributed by atoms with Gasteiger partial charge in [0.1, 0.15) is 10.3 Å². The third kappa shape index (κ3) is 4.52. The second-order valence-corrected chi connectivity index (χ2v) is 16.4. The molecule has 51 heavy (non-hydrogen) atoms. The number of hydrogen-bond acceptors (Lipinski definition) is 5. The van der Waals surface area contributed by atoms with Gasteiger partial charge in [-0.05, 0) is 64.2 Å². The molecule has 0 radical (unpaired) electrons. The van der Waals surface area contributed by atoms with E-state index >= 15 is 0 Å². The highest BCUT2D eigenvalue weighted by atomic mass is 32.1. The van der Waals surface area contributed by atoms with Gasteiger partial charge < -0.3 is 0 Å². The van der Waals surface area contributed by atoms with Crippen molar-refractivity contribution in [2.45, 2.75) is 13.3 Å². The summed E-state index contributed by atoms with van der Waals surface area (Å²) in [7, 11) is 0. The molecule has 0 saturated carbocycles. The fourth-order valence-electron chi connectivity index (χ4n) is 7.87. The molecule has 5 heteroatoms. The van der Waals surface area contributed by atoms with E-state index < -0.39 is 0 Å². The van der Waals surface area contributed by atoms with E-state index in [1.54, 1.807) is 11.3 Å². The quantitative estimate of drug-likeness (QED) is 0.182. The third-order valence-electron chi connectivity index (χ3n) is 10.3. The highest BCUT2D eigenvalue weighted by Crippen LogP contribution is 2.45. The average molecular weight is 705 g/mol. The van der Waals surface area contributed by atoms with Crippen LogP contribution in [0.2, 0.25) is 0 Å². The summed E-state index contributed by atoms with van der Waals surface area (Å²) in [6, 6.07) is 51.0. The van der Waals surface area contributed by atoms with Crippen LogP contribution in [-0.4, -0.2) is 9.97 Å². The van der Waals surface area contributed by atoms with Gasteiger partial charge in [-0.2, -0.15) is 0 Å². The molecule has 4 heterocycles. The normalized spacial score (nSPS) is 12.1. The molecule has 4 aromatic heterocycles. The number of rotatable bonds is 4. The van der Waals surface area contributed by atoms with Crippen molar-refractivity contribution in [2.75, 3.05) is 0 Å². The van der Waals surface area contributed by atoms with Gasteiger partial charge in [-0.25, -0.2) is 9.97 Å². The van der Waals surface area contributed by atoms with E-state index in [2.05, 4.69) is 146 Å². The lowest BCUT2D eigenvalue weighted by atomic mass is 9.91. The number of benzene rings is 7. The fourth-order valence-corrected chi connectivity index (χ4v) is 11.4. The van der Waals surface area contributed by atoms with Gasteiger partial charge in [-0.1, -0.05) is 115 Å². The maximum Gasteiger partial charge on any atom is 0.143 e. The van der Waals surface area contributed by atoms with Gasteiger partial charge in [-0.3, -0.25) is 0 Å². The third-order valence-corrected chi connectivity index (χ3v) is 13.8. The Balaban J connectivity index is 1.20. The van der Waals surface area contributed by atoms with Crippen molar-refractivity contribution in [3.05, 3.63) is 156 Å². The molecule has 0 aliphatic rings. The molecule has 11 aromatic rings. The minimum Gasteiger partial charge on any atom is -0.243 e. The van der Waals surface area contributed by atoms with Crippen LogP contribution in [0.25, 0.3) is 93.9 Å². The van der Waals surface area contributed by atoms with E-state index in [9.17, 15) is 0 Å². The Bertz CT molecular complexity index is 3200. The van der Waals surface area contributed by atoms with Crippen molar-refractivity contribution >= 4 is 106 Å². The molecule has 0 fully saturated rings. The Morgan fingerprint density at radius 3 is 2.04 bits per heavy atom. The molecule has 0 aliphatic heterocycles. The van der Waals surface area contributed by atoms with E-state index in [1.165, 1.54) is 83.5 Å².